The first-order valence-electron chi connectivity index (χ1n) is 6.63. The van der Waals surface area contributed by atoms with Crippen molar-refractivity contribution < 1.29 is 18.3 Å². The summed E-state index contributed by atoms with van der Waals surface area (Å²) in [6, 6.07) is 8.69. The highest BCUT2D eigenvalue weighted by Gasteiger charge is 2.26. The number of rotatable bonds is 5. The molecule has 0 aromatic heterocycles. The van der Waals surface area contributed by atoms with Crippen LogP contribution in [0.2, 0.25) is 0 Å². The van der Waals surface area contributed by atoms with Crippen LogP contribution in [0.15, 0.2) is 47.4 Å². The van der Waals surface area contributed by atoms with Crippen LogP contribution in [0.25, 0.3) is 0 Å². The van der Waals surface area contributed by atoms with Gasteiger partial charge in [0.15, 0.2) is 0 Å². The highest BCUT2D eigenvalue weighted by atomic mass is 32.2. The Morgan fingerprint density at radius 3 is 2.21 bits per heavy atom. The molecule has 2 rings (SSSR count). The molecule has 0 heterocycles. The summed E-state index contributed by atoms with van der Waals surface area (Å²) < 4.78 is 26.2. The van der Waals surface area contributed by atoms with E-state index >= 15 is 0 Å². The molecule has 0 spiro atoms. The Hall–Kier alpha value is -3.01. The predicted octanol–water partition coefficient (Wildman–Crippen LogP) is 2.64. The smallest absolute Gasteiger partial charge is 0.269 e. The lowest BCUT2D eigenvalue weighted by Gasteiger charge is -2.21. The first-order valence-corrected chi connectivity index (χ1v) is 8.07. The molecule has 10 heteroatoms. The normalized spacial score (nSPS) is 11.1. The van der Waals surface area contributed by atoms with Gasteiger partial charge in [-0.3, -0.25) is 24.5 Å². The molecule has 0 fully saturated rings. The summed E-state index contributed by atoms with van der Waals surface area (Å²) in [5.41, 5.74) is -0.274. The summed E-state index contributed by atoms with van der Waals surface area (Å²) in [6.07, 6.45) is 0. The third kappa shape index (κ3) is 3.04. The van der Waals surface area contributed by atoms with Crippen LogP contribution >= 0.6 is 0 Å². The molecule has 0 saturated carbocycles. The number of hydrogen-bond donors (Lipinski definition) is 0. The van der Waals surface area contributed by atoms with E-state index in [4.69, 9.17) is 0 Å². The van der Waals surface area contributed by atoms with Crippen molar-refractivity contribution in [1.29, 1.82) is 0 Å². The molecular weight excluding hydrogens is 338 g/mol. The van der Waals surface area contributed by atoms with Crippen molar-refractivity contribution >= 4 is 27.1 Å². The zero-order chi connectivity index (χ0) is 18.1. The summed E-state index contributed by atoms with van der Waals surface area (Å²) >= 11 is 0. The third-order valence-corrected chi connectivity index (χ3v) is 5.27. The van der Waals surface area contributed by atoms with Crippen molar-refractivity contribution in [2.45, 2.75) is 11.8 Å². The standard InChI is InChI=1S/C14H13N3O6S/c1-10-13(7-4-8-14(10)17(20)21)15(2)24(22,23)12-6-3-5-11(9-12)16(18)19/h3-9H,1-2H3. The molecule has 2 aromatic carbocycles. The Morgan fingerprint density at radius 2 is 1.62 bits per heavy atom. The minimum absolute atomic E-state index is 0.121. The van der Waals surface area contributed by atoms with Gasteiger partial charge in [0.2, 0.25) is 0 Å². The second-order valence-corrected chi connectivity index (χ2v) is 6.87. The van der Waals surface area contributed by atoms with Gasteiger partial charge in [-0.25, -0.2) is 8.42 Å². The molecule has 0 amide bonds. The maximum Gasteiger partial charge on any atom is 0.274 e. The van der Waals surface area contributed by atoms with E-state index in [0.29, 0.717) is 0 Å². The molecule has 0 bridgehead atoms. The van der Waals surface area contributed by atoms with Gasteiger partial charge in [0.05, 0.1) is 26.0 Å². The summed E-state index contributed by atoms with van der Waals surface area (Å²) in [4.78, 5) is 20.2. The number of nitrogens with zero attached hydrogens (tertiary/aromatic N) is 3. The van der Waals surface area contributed by atoms with Gasteiger partial charge in [-0.15, -0.1) is 0 Å². The number of benzene rings is 2. The molecule has 0 saturated heterocycles. The molecule has 24 heavy (non-hydrogen) atoms. The van der Waals surface area contributed by atoms with Crippen LogP contribution in [0.3, 0.4) is 0 Å². The number of nitro benzene ring substituents is 2. The minimum Gasteiger partial charge on any atom is -0.269 e. The van der Waals surface area contributed by atoms with Crippen molar-refractivity contribution in [2.75, 3.05) is 11.4 Å². The van der Waals surface area contributed by atoms with Crippen molar-refractivity contribution in [2.24, 2.45) is 0 Å². The molecule has 2 aromatic rings. The van der Waals surface area contributed by atoms with E-state index in [-0.39, 0.29) is 27.5 Å². The van der Waals surface area contributed by atoms with Crippen LogP contribution in [0.4, 0.5) is 17.1 Å². The van der Waals surface area contributed by atoms with Crippen LogP contribution < -0.4 is 4.31 Å². The summed E-state index contributed by atoms with van der Waals surface area (Å²) in [6.45, 7) is 1.44. The van der Waals surface area contributed by atoms with Gasteiger partial charge in [0.1, 0.15) is 0 Å². The van der Waals surface area contributed by atoms with E-state index in [2.05, 4.69) is 0 Å². The SMILES string of the molecule is Cc1c(N(C)S(=O)(=O)c2cccc([N+](=O)[O-])c2)cccc1[N+](=O)[O-]. The van der Waals surface area contributed by atoms with E-state index in [1.807, 2.05) is 0 Å². The number of hydrogen-bond acceptors (Lipinski definition) is 6. The average Bonchev–Trinajstić information content (AvgIpc) is 2.54. The van der Waals surface area contributed by atoms with E-state index in [1.54, 1.807) is 0 Å². The summed E-state index contributed by atoms with van der Waals surface area (Å²) in [5.74, 6) is 0. The molecule has 0 radical (unpaired) electrons. The Kier molecular flexibility index (Phi) is 4.51. The third-order valence-electron chi connectivity index (χ3n) is 3.50. The average molecular weight is 351 g/mol. The van der Waals surface area contributed by atoms with Crippen LogP contribution in [0.5, 0.6) is 0 Å². The van der Waals surface area contributed by atoms with E-state index in [1.165, 1.54) is 50.4 Å². The topological polar surface area (TPSA) is 124 Å². The van der Waals surface area contributed by atoms with Gasteiger partial charge in [0.25, 0.3) is 21.4 Å². The Balaban J connectivity index is 2.55. The molecule has 0 aliphatic rings. The zero-order valence-electron chi connectivity index (χ0n) is 12.7. The summed E-state index contributed by atoms with van der Waals surface area (Å²) in [5, 5.41) is 21.8. The van der Waals surface area contributed by atoms with Gasteiger partial charge in [-0.1, -0.05) is 12.1 Å². The monoisotopic (exact) mass is 351 g/mol. The largest absolute Gasteiger partial charge is 0.274 e. The highest BCUT2D eigenvalue weighted by molar-refractivity contribution is 7.92. The first kappa shape index (κ1) is 17.3. The van der Waals surface area contributed by atoms with E-state index in [0.717, 1.165) is 10.4 Å². The molecule has 0 unspecified atom stereocenters. The van der Waals surface area contributed by atoms with E-state index < -0.39 is 19.9 Å². The predicted molar refractivity (Wildman–Crippen MR) is 86.5 cm³/mol. The lowest BCUT2D eigenvalue weighted by molar-refractivity contribution is -0.385. The zero-order valence-corrected chi connectivity index (χ0v) is 13.6. The van der Waals surface area contributed by atoms with Crippen LogP contribution in [-0.2, 0) is 10.0 Å². The maximum atomic E-state index is 12.7. The fraction of sp³-hybridized carbons (Fsp3) is 0.143. The van der Waals surface area contributed by atoms with Gasteiger partial charge in [-0.2, -0.15) is 0 Å². The fourth-order valence-electron chi connectivity index (χ4n) is 2.20. The Labute approximate surface area is 137 Å². The first-order chi connectivity index (χ1) is 11.2. The Morgan fingerprint density at radius 1 is 1.00 bits per heavy atom. The fourth-order valence-corrected chi connectivity index (χ4v) is 3.49. The minimum atomic E-state index is -4.11. The molecule has 0 aliphatic carbocycles. The van der Waals surface area contributed by atoms with Crippen LogP contribution in [-0.4, -0.2) is 25.3 Å². The number of nitro groups is 2. The lowest BCUT2D eigenvalue weighted by atomic mass is 10.1. The van der Waals surface area contributed by atoms with Crippen molar-refractivity contribution in [3.8, 4) is 0 Å². The molecule has 0 aliphatic heterocycles. The van der Waals surface area contributed by atoms with Crippen molar-refractivity contribution in [3.05, 3.63) is 68.3 Å². The quantitative estimate of drug-likeness (QED) is 0.602. The highest BCUT2D eigenvalue weighted by Crippen LogP contribution is 2.31. The lowest BCUT2D eigenvalue weighted by Crippen LogP contribution is -2.27. The van der Waals surface area contributed by atoms with Gasteiger partial charge < -0.3 is 0 Å². The van der Waals surface area contributed by atoms with Gasteiger partial charge in [-0.05, 0) is 19.1 Å². The second-order valence-electron chi connectivity index (χ2n) is 4.91. The maximum absolute atomic E-state index is 12.7. The number of anilines is 1. The van der Waals surface area contributed by atoms with Crippen molar-refractivity contribution in [3.63, 3.8) is 0 Å². The van der Waals surface area contributed by atoms with Crippen LogP contribution in [0.1, 0.15) is 5.56 Å². The molecule has 0 atom stereocenters. The van der Waals surface area contributed by atoms with Crippen LogP contribution in [0, 0.1) is 27.2 Å². The summed E-state index contributed by atoms with van der Waals surface area (Å²) in [7, 11) is -2.87. The molecule has 9 nitrogen and oxygen atoms in total. The molecule has 0 N–H and O–H groups in total. The van der Waals surface area contributed by atoms with Gasteiger partial charge >= 0.3 is 0 Å². The van der Waals surface area contributed by atoms with Crippen molar-refractivity contribution in [1.82, 2.24) is 0 Å². The molecule has 126 valence electrons. The second kappa shape index (κ2) is 6.24. The van der Waals surface area contributed by atoms with Gasteiger partial charge in [0, 0.05) is 25.2 Å². The Bertz CT molecular complexity index is 926. The van der Waals surface area contributed by atoms with E-state index in [9.17, 15) is 28.6 Å². The number of non-ortho nitro benzene ring substituents is 1. The number of sulfonamides is 1. The molecular formula is C14H13N3O6S.